The molecular formula is C19H15BrClN3O3. The van der Waals surface area contributed by atoms with E-state index in [1.807, 2.05) is 30.3 Å². The molecule has 3 rings (SSSR count). The van der Waals surface area contributed by atoms with Crippen LogP contribution in [0.2, 0.25) is 5.02 Å². The maximum atomic E-state index is 12.6. The molecule has 1 aromatic heterocycles. The Labute approximate surface area is 168 Å². The van der Waals surface area contributed by atoms with E-state index in [1.54, 1.807) is 18.2 Å². The minimum absolute atomic E-state index is 0.306. The third kappa shape index (κ3) is 4.75. The van der Waals surface area contributed by atoms with E-state index < -0.39 is 23.7 Å². The van der Waals surface area contributed by atoms with Crippen LogP contribution < -0.4 is 16.6 Å². The summed E-state index contributed by atoms with van der Waals surface area (Å²) in [6.07, 6.45) is 1.43. The van der Waals surface area contributed by atoms with Gasteiger partial charge in [0.2, 0.25) is 5.91 Å². The molecule has 1 heterocycles. The van der Waals surface area contributed by atoms with E-state index in [-0.39, 0.29) is 0 Å². The van der Waals surface area contributed by atoms with Crippen LogP contribution in [0, 0.1) is 0 Å². The molecule has 1 N–H and O–H groups in total. The van der Waals surface area contributed by atoms with Gasteiger partial charge in [-0.25, -0.2) is 4.79 Å². The number of nitrogens with zero attached hydrogens (tertiary/aromatic N) is 2. The highest BCUT2D eigenvalue weighted by atomic mass is 79.9. The Hall–Kier alpha value is -2.64. The van der Waals surface area contributed by atoms with E-state index in [1.165, 1.54) is 16.8 Å². The number of carbonyl (C=O) groups is 1. The number of anilines is 1. The monoisotopic (exact) mass is 447 g/mol. The lowest BCUT2D eigenvalue weighted by molar-refractivity contribution is -0.116. The van der Waals surface area contributed by atoms with Crippen molar-refractivity contribution in [2.24, 2.45) is 0 Å². The smallest absolute Gasteiger partial charge is 0.323 e. The van der Waals surface area contributed by atoms with Crippen LogP contribution in [0.1, 0.15) is 5.56 Å². The van der Waals surface area contributed by atoms with E-state index in [4.69, 9.17) is 11.6 Å². The molecule has 2 aromatic carbocycles. The Morgan fingerprint density at radius 3 is 2.52 bits per heavy atom. The number of halogens is 2. The van der Waals surface area contributed by atoms with Crippen molar-refractivity contribution in [3.63, 3.8) is 0 Å². The summed E-state index contributed by atoms with van der Waals surface area (Å²) in [7, 11) is 0. The molecule has 8 heteroatoms. The van der Waals surface area contributed by atoms with Gasteiger partial charge in [-0.1, -0.05) is 57.9 Å². The fraction of sp³-hybridized carbons (Fsp3) is 0.105. The van der Waals surface area contributed by atoms with Gasteiger partial charge in [-0.15, -0.1) is 0 Å². The third-order valence-corrected chi connectivity index (χ3v) is 4.65. The van der Waals surface area contributed by atoms with Crippen LogP contribution in [0.3, 0.4) is 0 Å². The highest BCUT2D eigenvalue weighted by molar-refractivity contribution is 9.10. The van der Waals surface area contributed by atoms with Crippen molar-refractivity contribution in [1.82, 2.24) is 9.13 Å². The summed E-state index contributed by atoms with van der Waals surface area (Å²) in [6.45, 7) is -0.0974. The zero-order valence-corrected chi connectivity index (χ0v) is 16.4. The van der Waals surface area contributed by atoms with Gasteiger partial charge in [0.05, 0.1) is 17.3 Å². The topological polar surface area (TPSA) is 73.1 Å². The van der Waals surface area contributed by atoms with Crippen molar-refractivity contribution in [3.8, 4) is 0 Å². The highest BCUT2D eigenvalue weighted by Gasteiger charge is 2.12. The molecule has 0 fully saturated rings. The summed E-state index contributed by atoms with van der Waals surface area (Å²) < 4.78 is 3.05. The summed E-state index contributed by atoms with van der Waals surface area (Å²) in [5, 5.41) is 2.96. The number of benzene rings is 2. The van der Waals surface area contributed by atoms with Gasteiger partial charge in [0.15, 0.2) is 0 Å². The van der Waals surface area contributed by atoms with Gasteiger partial charge in [-0.3, -0.25) is 18.7 Å². The van der Waals surface area contributed by atoms with Gasteiger partial charge < -0.3 is 5.32 Å². The normalized spacial score (nSPS) is 10.6. The van der Waals surface area contributed by atoms with E-state index >= 15 is 0 Å². The lowest BCUT2D eigenvalue weighted by atomic mass is 10.2. The van der Waals surface area contributed by atoms with Crippen molar-refractivity contribution in [3.05, 3.63) is 96.7 Å². The van der Waals surface area contributed by atoms with E-state index in [2.05, 4.69) is 21.2 Å². The summed E-state index contributed by atoms with van der Waals surface area (Å²) >= 11 is 9.36. The number of hydrogen-bond acceptors (Lipinski definition) is 3. The molecule has 6 nitrogen and oxygen atoms in total. The quantitative estimate of drug-likeness (QED) is 0.652. The number of rotatable bonds is 5. The predicted molar refractivity (Wildman–Crippen MR) is 108 cm³/mol. The first-order valence-electron chi connectivity index (χ1n) is 8.03. The number of nitrogens with one attached hydrogen (secondary N) is 1. The van der Waals surface area contributed by atoms with Crippen molar-refractivity contribution in [1.29, 1.82) is 0 Å². The molecule has 27 heavy (non-hydrogen) atoms. The zero-order chi connectivity index (χ0) is 19.4. The Kier molecular flexibility index (Phi) is 5.93. The maximum absolute atomic E-state index is 12.6. The molecule has 0 aliphatic carbocycles. The molecular weight excluding hydrogens is 434 g/mol. The van der Waals surface area contributed by atoms with Gasteiger partial charge in [0.25, 0.3) is 5.56 Å². The summed E-state index contributed by atoms with van der Waals surface area (Å²) in [6, 6.07) is 15.6. The molecule has 0 saturated carbocycles. The lowest BCUT2D eigenvalue weighted by Gasteiger charge is -2.11. The van der Waals surface area contributed by atoms with Crippen LogP contribution in [0.25, 0.3) is 0 Å². The maximum Gasteiger partial charge on any atom is 0.331 e. The zero-order valence-electron chi connectivity index (χ0n) is 14.1. The first kappa shape index (κ1) is 19.1. The first-order valence-corrected chi connectivity index (χ1v) is 9.20. The van der Waals surface area contributed by atoms with Crippen LogP contribution in [0.4, 0.5) is 5.69 Å². The van der Waals surface area contributed by atoms with Crippen molar-refractivity contribution in [2.75, 3.05) is 5.32 Å². The second-order valence-corrected chi connectivity index (χ2v) is 7.13. The SMILES string of the molecule is O=C(Cn1c(=O)ccn(Cc2ccccc2)c1=O)Nc1ccc(Br)cc1Cl. The summed E-state index contributed by atoms with van der Waals surface area (Å²) in [5.74, 6) is -0.518. The fourth-order valence-corrected chi connectivity index (χ4v) is 3.25. The largest absolute Gasteiger partial charge is 0.331 e. The molecule has 0 aliphatic rings. The predicted octanol–water partition coefficient (Wildman–Crippen LogP) is 3.11. The Bertz CT molecular complexity index is 1090. The van der Waals surface area contributed by atoms with Crippen LogP contribution >= 0.6 is 27.5 Å². The molecule has 0 atom stereocenters. The first-order chi connectivity index (χ1) is 12.9. The van der Waals surface area contributed by atoms with Gasteiger partial charge in [0.1, 0.15) is 6.54 Å². The number of hydrogen-bond donors (Lipinski definition) is 1. The molecule has 3 aromatic rings. The van der Waals surface area contributed by atoms with Gasteiger partial charge in [-0.05, 0) is 23.8 Å². The molecule has 0 bridgehead atoms. The van der Waals surface area contributed by atoms with Gasteiger partial charge in [0, 0.05) is 16.7 Å². The van der Waals surface area contributed by atoms with Crippen LogP contribution in [-0.2, 0) is 17.9 Å². The molecule has 0 radical (unpaired) electrons. The Morgan fingerprint density at radius 1 is 1.07 bits per heavy atom. The molecule has 0 aliphatic heterocycles. The Morgan fingerprint density at radius 2 is 1.81 bits per heavy atom. The fourth-order valence-electron chi connectivity index (χ4n) is 2.53. The lowest BCUT2D eigenvalue weighted by Crippen LogP contribution is -2.41. The minimum Gasteiger partial charge on any atom is -0.323 e. The second kappa shape index (κ2) is 8.37. The average Bonchev–Trinajstić information content (AvgIpc) is 2.64. The van der Waals surface area contributed by atoms with Crippen molar-refractivity contribution >= 4 is 39.1 Å². The third-order valence-electron chi connectivity index (χ3n) is 3.84. The standard InChI is InChI=1S/C19H15BrClN3O3/c20-14-6-7-16(15(21)10-14)22-17(25)12-24-18(26)8-9-23(19(24)27)11-13-4-2-1-3-5-13/h1-10H,11-12H2,(H,22,25). The van der Waals surface area contributed by atoms with Gasteiger partial charge >= 0.3 is 5.69 Å². The van der Waals surface area contributed by atoms with Crippen LogP contribution in [-0.4, -0.2) is 15.0 Å². The van der Waals surface area contributed by atoms with E-state index in [0.29, 0.717) is 17.3 Å². The van der Waals surface area contributed by atoms with E-state index in [9.17, 15) is 14.4 Å². The van der Waals surface area contributed by atoms with E-state index in [0.717, 1.165) is 14.6 Å². The summed E-state index contributed by atoms with van der Waals surface area (Å²) in [4.78, 5) is 37.0. The number of aromatic nitrogens is 2. The highest BCUT2D eigenvalue weighted by Crippen LogP contribution is 2.25. The van der Waals surface area contributed by atoms with Crippen molar-refractivity contribution < 1.29 is 4.79 Å². The molecule has 0 saturated heterocycles. The number of carbonyl (C=O) groups excluding carboxylic acids is 1. The number of amides is 1. The second-order valence-electron chi connectivity index (χ2n) is 5.81. The van der Waals surface area contributed by atoms with Crippen molar-refractivity contribution in [2.45, 2.75) is 13.1 Å². The summed E-state index contributed by atoms with van der Waals surface area (Å²) in [5.41, 5.74) is 0.221. The molecule has 0 spiro atoms. The minimum atomic E-state index is -0.552. The van der Waals surface area contributed by atoms with Crippen LogP contribution in [0.15, 0.2) is 74.9 Å². The average molecular weight is 449 g/mol. The molecule has 138 valence electrons. The Balaban J connectivity index is 1.81. The molecule has 1 amide bonds. The molecule has 0 unspecified atom stereocenters. The van der Waals surface area contributed by atoms with Crippen LogP contribution in [0.5, 0.6) is 0 Å². The van der Waals surface area contributed by atoms with Gasteiger partial charge in [-0.2, -0.15) is 0 Å².